The van der Waals surface area contributed by atoms with Crippen molar-refractivity contribution < 1.29 is 26.7 Å². The summed E-state index contributed by atoms with van der Waals surface area (Å²) in [6.07, 6.45) is 1.17. The van der Waals surface area contributed by atoms with Crippen molar-refractivity contribution in [2.45, 2.75) is 25.6 Å². The highest BCUT2D eigenvalue weighted by atomic mass is 19.4. The monoisotopic (exact) mass is 512 g/mol. The smallest absolute Gasteiger partial charge is 0.364 e. The van der Waals surface area contributed by atoms with Gasteiger partial charge in [0.15, 0.2) is 0 Å². The molecule has 0 atom stereocenters. The molecule has 0 bridgehead atoms. The number of nitrogens with zero attached hydrogens (tertiary/aromatic N) is 2. The SMILES string of the molecule is COCn1cncc1-c1ccccc1.Fc1ccc(B(CCC=CC(F)(F)F)c2ccc(F)cc2)cc1. The maximum atomic E-state index is 13.1. The predicted octanol–water partition coefficient (Wildman–Crippen LogP) is 6.24. The van der Waals surface area contributed by atoms with Crippen LogP contribution in [0.15, 0.2) is 104 Å². The van der Waals surface area contributed by atoms with Crippen molar-refractivity contribution in [1.82, 2.24) is 9.55 Å². The summed E-state index contributed by atoms with van der Waals surface area (Å²) in [6, 6.07) is 21.7. The highest BCUT2D eigenvalue weighted by Crippen LogP contribution is 2.18. The number of benzene rings is 3. The van der Waals surface area contributed by atoms with Gasteiger partial charge in [-0.05, 0) is 36.2 Å². The van der Waals surface area contributed by atoms with Gasteiger partial charge in [-0.1, -0.05) is 77.9 Å². The fourth-order valence-corrected chi connectivity index (χ4v) is 3.81. The van der Waals surface area contributed by atoms with Gasteiger partial charge in [-0.25, -0.2) is 13.8 Å². The van der Waals surface area contributed by atoms with E-state index in [4.69, 9.17) is 4.74 Å². The highest BCUT2D eigenvalue weighted by molar-refractivity contribution is 6.85. The molecule has 192 valence electrons. The number of hydrogen-bond donors (Lipinski definition) is 0. The van der Waals surface area contributed by atoms with Crippen LogP contribution in [-0.4, -0.2) is 29.5 Å². The second-order valence-corrected chi connectivity index (χ2v) is 8.21. The Hall–Kier alpha value is -3.72. The van der Waals surface area contributed by atoms with Crippen molar-refractivity contribution in [3.63, 3.8) is 0 Å². The van der Waals surface area contributed by atoms with Gasteiger partial charge in [0.1, 0.15) is 18.4 Å². The third-order valence-electron chi connectivity index (χ3n) is 5.52. The number of allylic oxidation sites excluding steroid dienone is 2. The molecule has 0 aliphatic carbocycles. The van der Waals surface area contributed by atoms with Crippen LogP contribution in [0.3, 0.4) is 0 Å². The van der Waals surface area contributed by atoms with Crippen molar-refractivity contribution >= 4 is 17.6 Å². The predicted molar refractivity (Wildman–Crippen MR) is 137 cm³/mol. The topological polar surface area (TPSA) is 27.1 Å². The van der Waals surface area contributed by atoms with Crippen LogP contribution in [-0.2, 0) is 11.5 Å². The number of imidazole rings is 1. The first kappa shape index (κ1) is 27.9. The van der Waals surface area contributed by atoms with Gasteiger partial charge >= 0.3 is 6.18 Å². The van der Waals surface area contributed by atoms with E-state index in [1.165, 1.54) is 24.3 Å². The van der Waals surface area contributed by atoms with E-state index >= 15 is 0 Å². The normalized spacial score (nSPS) is 11.3. The van der Waals surface area contributed by atoms with E-state index in [0.717, 1.165) is 28.3 Å². The van der Waals surface area contributed by atoms with E-state index in [1.807, 2.05) is 29.0 Å². The Kier molecular flexibility index (Phi) is 10.2. The zero-order valence-electron chi connectivity index (χ0n) is 20.2. The van der Waals surface area contributed by atoms with Gasteiger partial charge in [0, 0.05) is 13.2 Å². The summed E-state index contributed by atoms with van der Waals surface area (Å²) in [4.78, 5) is 4.10. The van der Waals surface area contributed by atoms with Gasteiger partial charge in [-0.3, -0.25) is 0 Å². The highest BCUT2D eigenvalue weighted by Gasteiger charge is 2.22. The van der Waals surface area contributed by atoms with Crippen molar-refractivity contribution in [3.05, 3.63) is 115 Å². The average Bonchev–Trinajstić information content (AvgIpc) is 3.35. The standard InChI is InChI=1S/C17H14BF5.C11H12N2O/c19-15-7-3-13(4-8-15)18(12-2-1-11-17(21,22)23)14-5-9-16(20)10-6-14;1-14-9-13-8-12-7-11(13)10-5-3-2-4-6-10/h1,3-11H,2,12H2;2-8H,9H2,1H3. The molecule has 1 aromatic heterocycles. The van der Waals surface area contributed by atoms with Crippen molar-refractivity contribution in [2.75, 3.05) is 7.11 Å². The van der Waals surface area contributed by atoms with Crippen LogP contribution in [0.25, 0.3) is 11.3 Å². The Labute approximate surface area is 213 Å². The molecular weight excluding hydrogens is 486 g/mol. The molecule has 0 aliphatic heterocycles. The van der Waals surface area contributed by atoms with Gasteiger partial charge in [0.2, 0.25) is 6.71 Å². The summed E-state index contributed by atoms with van der Waals surface area (Å²) in [7, 11) is 1.68. The fourth-order valence-electron chi connectivity index (χ4n) is 3.81. The third kappa shape index (κ3) is 9.02. The summed E-state index contributed by atoms with van der Waals surface area (Å²) in [5, 5.41) is 0. The van der Waals surface area contributed by atoms with Crippen LogP contribution in [0.2, 0.25) is 6.32 Å². The van der Waals surface area contributed by atoms with Gasteiger partial charge in [-0.15, -0.1) is 0 Å². The number of methoxy groups -OCH3 is 1. The van der Waals surface area contributed by atoms with Crippen LogP contribution < -0.4 is 10.9 Å². The number of alkyl halides is 3. The van der Waals surface area contributed by atoms with Crippen LogP contribution >= 0.6 is 0 Å². The van der Waals surface area contributed by atoms with Crippen LogP contribution in [0, 0.1) is 11.6 Å². The molecule has 0 unspecified atom stereocenters. The molecule has 9 heteroatoms. The first-order valence-electron chi connectivity index (χ1n) is 11.6. The number of aromatic nitrogens is 2. The molecule has 0 aliphatic rings. The molecular formula is C28H26BF5N2O. The average molecular weight is 512 g/mol. The molecule has 0 radical (unpaired) electrons. The lowest BCUT2D eigenvalue weighted by atomic mass is 9.38. The zero-order chi connectivity index (χ0) is 26.7. The maximum Gasteiger partial charge on any atom is 0.409 e. The first-order valence-corrected chi connectivity index (χ1v) is 11.6. The number of halogens is 5. The molecule has 4 rings (SSSR count). The molecule has 0 saturated heterocycles. The second-order valence-electron chi connectivity index (χ2n) is 8.21. The molecule has 37 heavy (non-hydrogen) atoms. The van der Waals surface area contributed by atoms with Crippen molar-refractivity contribution in [2.24, 2.45) is 0 Å². The molecule has 0 amide bonds. The number of hydrogen-bond acceptors (Lipinski definition) is 2. The van der Waals surface area contributed by atoms with Crippen molar-refractivity contribution in [3.8, 4) is 11.3 Å². The van der Waals surface area contributed by atoms with Gasteiger partial charge in [-0.2, -0.15) is 13.2 Å². The molecule has 4 aromatic rings. The minimum absolute atomic E-state index is 0.207. The zero-order valence-corrected chi connectivity index (χ0v) is 20.2. The summed E-state index contributed by atoms with van der Waals surface area (Å²) < 4.78 is 69.6. The molecule has 0 saturated carbocycles. The minimum Gasteiger partial charge on any atom is -0.364 e. The van der Waals surface area contributed by atoms with E-state index in [2.05, 4.69) is 17.1 Å². The Morgan fingerprint density at radius 2 is 1.43 bits per heavy atom. The maximum absolute atomic E-state index is 13.1. The largest absolute Gasteiger partial charge is 0.409 e. The van der Waals surface area contributed by atoms with E-state index in [1.54, 1.807) is 37.7 Å². The summed E-state index contributed by atoms with van der Waals surface area (Å²) in [5.74, 6) is -0.771. The molecule has 0 fully saturated rings. The van der Waals surface area contributed by atoms with Crippen LogP contribution in [0.1, 0.15) is 6.42 Å². The van der Waals surface area contributed by atoms with E-state index < -0.39 is 6.18 Å². The fraction of sp³-hybridized carbons (Fsp3) is 0.179. The van der Waals surface area contributed by atoms with Crippen LogP contribution in [0.5, 0.6) is 0 Å². The molecule has 0 N–H and O–H groups in total. The first-order chi connectivity index (χ1) is 17.8. The van der Waals surface area contributed by atoms with Gasteiger partial charge in [0.05, 0.1) is 18.2 Å². The van der Waals surface area contributed by atoms with E-state index in [0.29, 0.717) is 13.1 Å². The molecule has 3 aromatic carbocycles. The van der Waals surface area contributed by atoms with E-state index in [9.17, 15) is 22.0 Å². The lowest BCUT2D eigenvalue weighted by molar-refractivity contribution is -0.0800. The molecule has 0 spiro atoms. The summed E-state index contributed by atoms with van der Waals surface area (Å²) in [5.41, 5.74) is 3.78. The number of rotatable bonds is 8. The Morgan fingerprint density at radius 1 is 0.865 bits per heavy atom. The lowest BCUT2D eigenvalue weighted by Crippen LogP contribution is -2.41. The number of ether oxygens (including phenoxy) is 1. The Morgan fingerprint density at radius 3 is 1.95 bits per heavy atom. The lowest BCUT2D eigenvalue weighted by Gasteiger charge is -2.14. The Balaban J connectivity index is 0.000000231. The Bertz CT molecular complexity index is 1190. The van der Waals surface area contributed by atoms with Gasteiger partial charge < -0.3 is 9.30 Å². The van der Waals surface area contributed by atoms with Crippen LogP contribution in [0.4, 0.5) is 22.0 Å². The van der Waals surface area contributed by atoms with Crippen molar-refractivity contribution in [1.29, 1.82) is 0 Å². The third-order valence-corrected chi connectivity index (χ3v) is 5.52. The second kappa shape index (κ2) is 13.6. The van der Waals surface area contributed by atoms with Gasteiger partial charge in [0.25, 0.3) is 0 Å². The summed E-state index contributed by atoms with van der Waals surface area (Å²) >= 11 is 0. The van der Waals surface area contributed by atoms with E-state index in [-0.39, 0.29) is 30.8 Å². The quantitative estimate of drug-likeness (QED) is 0.159. The minimum atomic E-state index is -4.33. The molecule has 1 heterocycles. The summed E-state index contributed by atoms with van der Waals surface area (Å²) in [6.45, 7) is 0.304. The molecule has 3 nitrogen and oxygen atoms in total.